The SMILES string of the molecule is CC(C)(Oc1ccc(Br)cc1)C(=O)N1CCN(c2ccc([N+](=O)[O-])c(N3CCOCC3)c2)CC1. The van der Waals surface area contributed by atoms with Gasteiger partial charge < -0.3 is 24.2 Å². The number of ether oxygens (including phenoxy) is 2. The molecule has 0 aliphatic carbocycles. The van der Waals surface area contributed by atoms with E-state index in [9.17, 15) is 14.9 Å². The number of hydrogen-bond donors (Lipinski definition) is 0. The van der Waals surface area contributed by atoms with Gasteiger partial charge in [-0.15, -0.1) is 0 Å². The molecule has 0 radical (unpaired) electrons. The van der Waals surface area contributed by atoms with Crippen molar-refractivity contribution in [2.24, 2.45) is 0 Å². The van der Waals surface area contributed by atoms with Gasteiger partial charge in [0.05, 0.1) is 18.1 Å². The molecule has 0 bridgehead atoms. The summed E-state index contributed by atoms with van der Waals surface area (Å²) >= 11 is 3.40. The van der Waals surface area contributed by atoms with Crippen LogP contribution in [0, 0.1) is 10.1 Å². The molecule has 34 heavy (non-hydrogen) atoms. The summed E-state index contributed by atoms with van der Waals surface area (Å²) in [4.78, 5) is 30.4. The fourth-order valence-electron chi connectivity index (χ4n) is 4.31. The molecule has 1 amide bonds. The molecule has 2 saturated heterocycles. The molecule has 2 aromatic carbocycles. The lowest BCUT2D eigenvalue weighted by molar-refractivity contribution is -0.384. The van der Waals surface area contributed by atoms with Gasteiger partial charge in [0, 0.05) is 55.5 Å². The van der Waals surface area contributed by atoms with Gasteiger partial charge in [-0.1, -0.05) is 15.9 Å². The first kappa shape index (κ1) is 24.3. The van der Waals surface area contributed by atoms with E-state index in [2.05, 4.69) is 20.8 Å². The molecule has 9 nitrogen and oxygen atoms in total. The zero-order chi connectivity index (χ0) is 24.3. The number of halogens is 1. The first-order chi connectivity index (χ1) is 16.2. The number of hydrogen-bond acceptors (Lipinski definition) is 7. The van der Waals surface area contributed by atoms with Crippen molar-refractivity contribution < 1.29 is 19.2 Å². The van der Waals surface area contributed by atoms with Crippen molar-refractivity contribution >= 4 is 38.9 Å². The van der Waals surface area contributed by atoms with Crippen LogP contribution < -0.4 is 14.5 Å². The van der Waals surface area contributed by atoms with Crippen LogP contribution in [0.25, 0.3) is 0 Å². The van der Waals surface area contributed by atoms with E-state index in [0.29, 0.717) is 63.9 Å². The third kappa shape index (κ3) is 5.44. The van der Waals surface area contributed by atoms with Gasteiger partial charge in [0.1, 0.15) is 11.4 Å². The van der Waals surface area contributed by atoms with Crippen LogP contribution in [0.15, 0.2) is 46.9 Å². The van der Waals surface area contributed by atoms with Crippen LogP contribution in [-0.2, 0) is 9.53 Å². The number of carbonyl (C=O) groups excluding carboxylic acids is 1. The van der Waals surface area contributed by atoms with Crippen LogP contribution in [0.2, 0.25) is 0 Å². The Labute approximate surface area is 207 Å². The second-order valence-corrected chi connectivity index (χ2v) is 9.79. The number of morpholine rings is 1. The Balaban J connectivity index is 1.42. The normalized spacial score (nSPS) is 17.0. The van der Waals surface area contributed by atoms with Gasteiger partial charge in [-0.3, -0.25) is 14.9 Å². The van der Waals surface area contributed by atoms with Gasteiger partial charge in [0.15, 0.2) is 5.60 Å². The summed E-state index contributed by atoms with van der Waals surface area (Å²) in [7, 11) is 0. The Hall–Kier alpha value is -2.85. The van der Waals surface area contributed by atoms with E-state index in [0.717, 1.165) is 10.2 Å². The monoisotopic (exact) mass is 532 g/mol. The summed E-state index contributed by atoms with van der Waals surface area (Å²) in [5.74, 6) is 0.578. The lowest BCUT2D eigenvalue weighted by Crippen LogP contribution is -2.55. The number of carbonyl (C=O) groups is 1. The first-order valence-corrected chi connectivity index (χ1v) is 12.1. The fraction of sp³-hybridized carbons (Fsp3) is 0.458. The van der Waals surface area contributed by atoms with Gasteiger partial charge in [-0.25, -0.2) is 0 Å². The van der Waals surface area contributed by atoms with Crippen LogP contribution in [0.3, 0.4) is 0 Å². The summed E-state index contributed by atoms with van der Waals surface area (Å²) in [6, 6.07) is 12.7. The Kier molecular flexibility index (Phi) is 7.27. The fourth-order valence-corrected chi connectivity index (χ4v) is 4.57. The molecule has 10 heteroatoms. The highest BCUT2D eigenvalue weighted by atomic mass is 79.9. The van der Waals surface area contributed by atoms with Gasteiger partial charge in [0.2, 0.25) is 0 Å². The van der Waals surface area contributed by atoms with Crippen LogP contribution in [-0.4, -0.2) is 73.8 Å². The third-order valence-corrected chi connectivity index (χ3v) is 6.67. The third-order valence-electron chi connectivity index (χ3n) is 6.14. The molecular weight excluding hydrogens is 504 g/mol. The molecule has 0 saturated carbocycles. The van der Waals surface area contributed by atoms with Crippen molar-refractivity contribution in [1.29, 1.82) is 0 Å². The molecule has 2 fully saturated rings. The summed E-state index contributed by atoms with van der Waals surface area (Å²) in [6.07, 6.45) is 0. The van der Waals surface area contributed by atoms with Crippen LogP contribution in [0.1, 0.15) is 13.8 Å². The molecular formula is C24H29BrN4O5. The molecule has 0 spiro atoms. The number of nitrogens with zero attached hydrogens (tertiary/aromatic N) is 4. The van der Waals surface area contributed by atoms with Gasteiger partial charge in [-0.2, -0.15) is 0 Å². The lowest BCUT2D eigenvalue weighted by atomic mass is 10.1. The van der Waals surface area contributed by atoms with Crippen LogP contribution in [0.4, 0.5) is 17.1 Å². The summed E-state index contributed by atoms with van der Waals surface area (Å²) in [5, 5.41) is 11.6. The number of anilines is 2. The van der Waals surface area contributed by atoms with Gasteiger partial charge in [0.25, 0.3) is 11.6 Å². The largest absolute Gasteiger partial charge is 0.478 e. The van der Waals surface area contributed by atoms with E-state index in [1.54, 1.807) is 26.0 Å². The minimum absolute atomic E-state index is 0.0622. The van der Waals surface area contributed by atoms with E-state index in [4.69, 9.17) is 9.47 Å². The summed E-state index contributed by atoms with van der Waals surface area (Å²) in [5.41, 5.74) is 0.650. The minimum Gasteiger partial charge on any atom is -0.478 e. The summed E-state index contributed by atoms with van der Waals surface area (Å²) in [6.45, 7) is 8.32. The average Bonchev–Trinajstić information content (AvgIpc) is 2.85. The van der Waals surface area contributed by atoms with Gasteiger partial charge in [-0.05, 0) is 50.2 Å². The van der Waals surface area contributed by atoms with E-state index < -0.39 is 5.60 Å². The summed E-state index contributed by atoms with van der Waals surface area (Å²) < 4.78 is 12.3. The number of piperazine rings is 1. The molecule has 182 valence electrons. The lowest BCUT2D eigenvalue weighted by Gasteiger charge is -2.39. The maximum absolute atomic E-state index is 13.2. The number of benzene rings is 2. The second kappa shape index (κ2) is 10.2. The van der Waals surface area contributed by atoms with Crippen molar-refractivity contribution in [3.8, 4) is 5.75 Å². The second-order valence-electron chi connectivity index (χ2n) is 8.88. The Morgan fingerprint density at radius 2 is 1.65 bits per heavy atom. The van der Waals surface area contributed by atoms with E-state index >= 15 is 0 Å². The van der Waals surface area contributed by atoms with E-state index in [1.807, 2.05) is 40.1 Å². The molecule has 2 aromatic rings. The van der Waals surface area contributed by atoms with E-state index in [1.165, 1.54) is 0 Å². The quantitative estimate of drug-likeness (QED) is 0.414. The highest BCUT2D eigenvalue weighted by molar-refractivity contribution is 9.10. The predicted molar refractivity (Wildman–Crippen MR) is 134 cm³/mol. The zero-order valence-corrected chi connectivity index (χ0v) is 21.0. The number of nitro groups is 1. The van der Waals surface area contributed by atoms with Crippen molar-refractivity contribution in [3.05, 3.63) is 57.1 Å². The molecule has 2 heterocycles. The Morgan fingerprint density at radius 3 is 2.26 bits per heavy atom. The zero-order valence-electron chi connectivity index (χ0n) is 19.4. The van der Waals surface area contributed by atoms with Gasteiger partial charge >= 0.3 is 0 Å². The number of nitro benzene ring substituents is 1. The van der Waals surface area contributed by atoms with Crippen molar-refractivity contribution in [3.63, 3.8) is 0 Å². The maximum Gasteiger partial charge on any atom is 0.292 e. The molecule has 0 aromatic heterocycles. The number of amides is 1. The predicted octanol–water partition coefficient (Wildman–Crippen LogP) is 3.70. The molecule has 0 unspecified atom stereocenters. The Bertz CT molecular complexity index is 1030. The highest BCUT2D eigenvalue weighted by Crippen LogP contribution is 2.34. The number of rotatable bonds is 6. The van der Waals surface area contributed by atoms with Crippen molar-refractivity contribution in [2.45, 2.75) is 19.4 Å². The van der Waals surface area contributed by atoms with Crippen LogP contribution >= 0.6 is 15.9 Å². The molecule has 0 atom stereocenters. The standard InChI is InChI=1S/C24H29BrN4O5/c1-24(2,34-20-6-3-18(25)4-7-20)23(30)28-11-9-26(10-12-28)19-5-8-21(29(31)32)22(17-19)27-13-15-33-16-14-27/h3-8,17H,9-16H2,1-2H3. The van der Waals surface area contributed by atoms with Crippen molar-refractivity contribution in [1.82, 2.24) is 4.90 Å². The molecule has 2 aliphatic heterocycles. The topological polar surface area (TPSA) is 88.4 Å². The maximum atomic E-state index is 13.2. The molecule has 2 aliphatic rings. The highest BCUT2D eigenvalue weighted by Gasteiger charge is 2.36. The van der Waals surface area contributed by atoms with Crippen molar-refractivity contribution in [2.75, 3.05) is 62.3 Å². The smallest absolute Gasteiger partial charge is 0.292 e. The average molecular weight is 533 g/mol. The molecule has 0 N–H and O–H groups in total. The van der Waals surface area contributed by atoms with E-state index in [-0.39, 0.29) is 16.5 Å². The van der Waals surface area contributed by atoms with Crippen LogP contribution in [0.5, 0.6) is 5.75 Å². The minimum atomic E-state index is -0.993. The first-order valence-electron chi connectivity index (χ1n) is 11.3. The Morgan fingerprint density at radius 1 is 1.00 bits per heavy atom. The molecule has 4 rings (SSSR count).